The highest BCUT2D eigenvalue weighted by Crippen LogP contribution is 2.45. The molecule has 0 saturated heterocycles. The number of halogens is 1. The van der Waals surface area contributed by atoms with Gasteiger partial charge in [-0.05, 0) is 48.9 Å². The molecule has 0 fully saturated rings. The van der Waals surface area contributed by atoms with Gasteiger partial charge in [0.2, 0.25) is 0 Å². The third-order valence-electron chi connectivity index (χ3n) is 8.10. The predicted octanol–water partition coefficient (Wildman–Crippen LogP) is 1.62. The summed E-state index contributed by atoms with van der Waals surface area (Å²) in [5.74, 6) is 0.0367. The summed E-state index contributed by atoms with van der Waals surface area (Å²) < 4.78 is 21.6. The summed E-state index contributed by atoms with van der Waals surface area (Å²) in [5, 5.41) is 24.5. The molecular weight excluding hydrogens is 493 g/mol. The van der Waals surface area contributed by atoms with Crippen molar-refractivity contribution in [1.82, 2.24) is 14.9 Å². The number of aromatic nitrogens is 2. The Labute approximate surface area is 216 Å². The lowest BCUT2D eigenvalue weighted by atomic mass is 9.81. The Bertz CT molecular complexity index is 1700. The maximum absolute atomic E-state index is 14.9. The molecule has 3 aromatic rings. The lowest BCUT2D eigenvalue weighted by molar-refractivity contribution is -0.172. The van der Waals surface area contributed by atoms with Crippen LogP contribution in [0.25, 0.3) is 22.3 Å². The van der Waals surface area contributed by atoms with E-state index < -0.39 is 41.0 Å². The van der Waals surface area contributed by atoms with Gasteiger partial charge in [-0.2, -0.15) is 0 Å². The monoisotopic (exact) mass is 517 g/mol. The highest BCUT2D eigenvalue weighted by Gasteiger charge is 2.46. The van der Waals surface area contributed by atoms with Crippen LogP contribution in [0.2, 0.25) is 0 Å². The first-order valence-corrected chi connectivity index (χ1v) is 12.4. The largest absolute Gasteiger partial charge is 0.458 e. The number of pyridine rings is 2. The Morgan fingerprint density at radius 3 is 2.84 bits per heavy atom. The number of nitrogens with one attached hydrogen (secondary N) is 1. The molecule has 0 radical (unpaired) electrons. The van der Waals surface area contributed by atoms with Crippen LogP contribution in [0.1, 0.15) is 59.2 Å². The molecule has 0 saturated carbocycles. The van der Waals surface area contributed by atoms with Gasteiger partial charge in [0, 0.05) is 22.6 Å². The van der Waals surface area contributed by atoms with E-state index in [0.29, 0.717) is 51.8 Å². The van der Waals surface area contributed by atoms with E-state index in [0.717, 1.165) is 5.56 Å². The lowest BCUT2D eigenvalue weighted by Gasteiger charge is -2.31. The molecule has 1 aromatic carbocycles. The molecule has 4 heterocycles. The molecule has 0 bridgehead atoms. The van der Waals surface area contributed by atoms with Crippen molar-refractivity contribution in [2.45, 2.75) is 64.0 Å². The second kappa shape index (κ2) is 8.21. The molecule has 3 N–H and O–H groups in total. The topological polar surface area (TPSA) is 131 Å². The van der Waals surface area contributed by atoms with Gasteiger partial charge in [-0.3, -0.25) is 9.59 Å². The standard InChI is InChI=1S/C28H24FN3O6/c1-4-21(33)25(34)31-18-7-6-13-12(3)17(29)9-19-22(13)23(18)14-10-32-20(24(14)30-19)8-16-15(26(32)35)11-38-27(36)28(16,37)5-2/h1,8-9,18,21,33,37H,5-7,10-11H2,2-3H3,(H,31,34)/t18-,21?,28-/m0/s1. The van der Waals surface area contributed by atoms with Crippen molar-refractivity contribution < 1.29 is 28.9 Å². The van der Waals surface area contributed by atoms with Crippen molar-refractivity contribution in [3.8, 4) is 23.7 Å². The molecule has 1 amide bonds. The van der Waals surface area contributed by atoms with Crippen LogP contribution in [-0.4, -0.2) is 37.7 Å². The molecule has 9 nitrogen and oxygen atoms in total. The third kappa shape index (κ3) is 3.12. The molecular formula is C28H24FN3O6. The van der Waals surface area contributed by atoms with Crippen molar-refractivity contribution in [3.05, 3.63) is 61.7 Å². The van der Waals surface area contributed by atoms with E-state index >= 15 is 0 Å². The first-order chi connectivity index (χ1) is 18.1. The van der Waals surface area contributed by atoms with Gasteiger partial charge in [0.05, 0.1) is 35.1 Å². The average molecular weight is 518 g/mol. The number of hydrogen-bond acceptors (Lipinski definition) is 7. The van der Waals surface area contributed by atoms with E-state index in [9.17, 15) is 29.0 Å². The molecule has 1 aliphatic carbocycles. The number of benzene rings is 1. The number of aliphatic hydroxyl groups is 2. The fourth-order valence-electron chi connectivity index (χ4n) is 6.03. The number of esters is 1. The van der Waals surface area contributed by atoms with E-state index in [1.54, 1.807) is 19.9 Å². The number of fused-ring (bicyclic) bond motifs is 5. The lowest BCUT2D eigenvalue weighted by Crippen LogP contribution is -2.44. The van der Waals surface area contributed by atoms with Crippen LogP contribution >= 0.6 is 0 Å². The fourth-order valence-corrected chi connectivity index (χ4v) is 6.03. The van der Waals surface area contributed by atoms with Crippen LogP contribution in [0.5, 0.6) is 0 Å². The minimum atomic E-state index is -1.98. The summed E-state index contributed by atoms with van der Waals surface area (Å²) >= 11 is 0. The van der Waals surface area contributed by atoms with Crippen molar-refractivity contribution >= 4 is 22.8 Å². The van der Waals surface area contributed by atoms with E-state index in [-0.39, 0.29) is 30.7 Å². The van der Waals surface area contributed by atoms with E-state index in [1.807, 2.05) is 5.92 Å². The number of amides is 1. The van der Waals surface area contributed by atoms with Crippen LogP contribution in [0.4, 0.5) is 4.39 Å². The number of rotatable bonds is 3. The molecule has 10 heteroatoms. The summed E-state index contributed by atoms with van der Waals surface area (Å²) in [6, 6.07) is 2.35. The number of aryl methyl sites for hydroxylation is 1. The predicted molar refractivity (Wildman–Crippen MR) is 133 cm³/mol. The second-order valence-electron chi connectivity index (χ2n) is 9.98. The molecule has 2 aromatic heterocycles. The minimum Gasteiger partial charge on any atom is -0.458 e. The zero-order chi connectivity index (χ0) is 27.1. The number of carbonyl (C=O) groups is 2. The normalized spacial score (nSPS) is 21.7. The number of ether oxygens (including phenoxy) is 1. The highest BCUT2D eigenvalue weighted by molar-refractivity contribution is 5.94. The number of aliphatic hydroxyl groups excluding tert-OH is 1. The van der Waals surface area contributed by atoms with Gasteiger partial charge in [-0.25, -0.2) is 14.2 Å². The maximum Gasteiger partial charge on any atom is 0.343 e. The van der Waals surface area contributed by atoms with Crippen molar-refractivity contribution in [2.24, 2.45) is 0 Å². The average Bonchev–Trinajstić information content (AvgIpc) is 3.28. The number of nitrogens with zero attached hydrogens (tertiary/aromatic N) is 2. The van der Waals surface area contributed by atoms with Crippen molar-refractivity contribution in [1.29, 1.82) is 0 Å². The third-order valence-corrected chi connectivity index (χ3v) is 8.10. The summed E-state index contributed by atoms with van der Waals surface area (Å²) in [5.41, 5.74) is 1.71. The first kappa shape index (κ1) is 24.3. The molecule has 2 aliphatic heterocycles. The highest BCUT2D eigenvalue weighted by atomic mass is 19.1. The fraction of sp³-hybridized carbons (Fsp3) is 0.357. The summed E-state index contributed by atoms with van der Waals surface area (Å²) in [7, 11) is 0. The van der Waals surface area contributed by atoms with E-state index in [2.05, 4.69) is 5.32 Å². The Balaban J connectivity index is 1.63. The van der Waals surface area contributed by atoms with Gasteiger partial charge < -0.3 is 24.8 Å². The Hall–Kier alpha value is -4.07. The first-order valence-electron chi connectivity index (χ1n) is 12.4. The number of carbonyl (C=O) groups excluding carboxylic acids is 2. The van der Waals surface area contributed by atoms with Crippen LogP contribution in [0, 0.1) is 25.1 Å². The van der Waals surface area contributed by atoms with Gasteiger partial charge in [-0.15, -0.1) is 6.42 Å². The van der Waals surface area contributed by atoms with Crippen molar-refractivity contribution in [3.63, 3.8) is 0 Å². The Morgan fingerprint density at radius 2 is 2.13 bits per heavy atom. The molecule has 3 aliphatic rings. The number of hydrogen-bond donors (Lipinski definition) is 3. The summed E-state index contributed by atoms with van der Waals surface area (Å²) in [4.78, 5) is 43.4. The zero-order valence-electron chi connectivity index (χ0n) is 20.7. The molecule has 194 valence electrons. The quantitative estimate of drug-likeness (QED) is 0.278. The second-order valence-corrected chi connectivity index (χ2v) is 9.98. The molecule has 6 rings (SSSR count). The molecule has 38 heavy (non-hydrogen) atoms. The van der Waals surface area contributed by atoms with Gasteiger partial charge >= 0.3 is 5.97 Å². The Kier molecular flexibility index (Phi) is 5.25. The number of cyclic esters (lactones) is 1. The minimum absolute atomic E-state index is 0.00441. The number of terminal acetylenes is 1. The summed E-state index contributed by atoms with van der Waals surface area (Å²) in [6.45, 7) is 3.17. The van der Waals surface area contributed by atoms with Gasteiger partial charge in [0.25, 0.3) is 11.5 Å². The SMILES string of the molecule is C#CC(O)C(=O)N[C@H]1CCc2c(C)c(F)cc3nc4c(c1c23)Cn1c-4cc2c(c1=O)COC(=O)[C@]2(O)CC. The summed E-state index contributed by atoms with van der Waals surface area (Å²) in [6.07, 6.45) is 4.49. The molecule has 0 spiro atoms. The van der Waals surface area contributed by atoms with Gasteiger partial charge in [0.1, 0.15) is 12.4 Å². The zero-order valence-corrected chi connectivity index (χ0v) is 20.7. The van der Waals surface area contributed by atoms with Crippen LogP contribution in [0.15, 0.2) is 16.9 Å². The van der Waals surface area contributed by atoms with Gasteiger partial charge in [0.15, 0.2) is 11.7 Å². The van der Waals surface area contributed by atoms with E-state index in [1.165, 1.54) is 10.6 Å². The molecule has 1 unspecified atom stereocenters. The Morgan fingerprint density at radius 1 is 1.37 bits per heavy atom. The molecule has 3 atom stereocenters. The van der Waals surface area contributed by atoms with Crippen LogP contribution in [-0.2, 0) is 39.5 Å². The smallest absolute Gasteiger partial charge is 0.343 e. The van der Waals surface area contributed by atoms with Gasteiger partial charge in [-0.1, -0.05) is 12.8 Å². The van der Waals surface area contributed by atoms with Crippen LogP contribution in [0.3, 0.4) is 0 Å². The maximum atomic E-state index is 14.9. The van der Waals surface area contributed by atoms with E-state index in [4.69, 9.17) is 16.1 Å². The van der Waals surface area contributed by atoms with Crippen molar-refractivity contribution in [2.75, 3.05) is 0 Å². The van der Waals surface area contributed by atoms with Crippen LogP contribution < -0.4 is 10.9 Å².